The van der Waals surface area contributed by atoms with Gasteiger partial charge in [-0.25, -0.2) is 0 Å². The molecule has 3 nitrogen and oxygen atoms in total. The molecule has 1 heterocycles. The van der Waals surface area contributed by atoms with Gasteiger partial charge in [-0.05, 0) is 64.5 Å². The second-order valence-electron chi connectivity index (χ2n) is 5.90. The molecule has 1 fully saturated rings. The molecule has 0 amide bonds. The summed E-state index contributed by atoms with van der Waals surface area (Å²) in [5, 5.41) is 0. The zero-order chi connectivity index (χ0) is 13.7. The molecule has 19 heavy (non-hydrogen) atoms. The summed E-state index contributed by atoms with van der Waals surface area (Å²) in [6.07, 6.45) is 5.01. The lowest BCUT2D eigenvalue weighted by Crippen LogP contribution is -2.38. The molecular formula is C16H27N3. The molecule has 1 aromatic rings. The molecular weight excluding hydrogens is 234 g/mol. The number of para-hydroxylation sites is 1. The molecule has 1 aliphatic rings. The van der Waals surface area contributed by atoms with Crippen LogP contribution in [0.2, 0.25) is 0 Å². The normalized spacial score (nSPS) is 20.3. The van der Waals surface area contributed by atoms with Crippen LogP contribution in [0.3, 0.4) is 0 Å². The van der Waals surface area contributed by atoms with Crippen LogP contribution in [-0.4, -0.2) is 49.6 Å². The Hall–Kier alpha value is -1.06. The van der Waals surface area contributed by atoms with Gasteiger partial charge in [-0.1, -0.05) is 18.2 Å². The van der Waals surface area contributed by atoms with Gasteiger partial charge in [-0.3, -0.25) is 4.90 Å². The Morgan fingerprint density at radius 2 is 2.11 bits per heavy atom. The number of benzene rings is 1. The zero-order valence-corrected chi connectivity index (χ0v) is 12.3. The molecule has 0 aliphatic carbocycles. The van der Waals surface area contributed by atoms with Crippen molar-refractivity contribution >= 4 is 5.69 Å². The molecule has 1 aliphatic heterocycles. The maximum absolute atomic E-state index is 5.99. The predicted octanol–water partition coefficient (Wildman–Crippen LogP) is 2.23. The topological polar surface area (TPSA) is 32.5 Å². The number of nitrogens with two attached hydrogens (primary N) is 1. The number of hydrogen-bond acceptors (Lipinski definition) is 3. The molecule has 1 atom stereocenters. The summed E-state index contributed by atoms with van der Waals surface area (Å²) < 4.78 is 0. The summed E-state index contributed by atoms with van der Waals surface area (Å²) in [5.41, 5.74) is 8.22. The van der Waals surface area contributed by atoms with Gasteiger partial charge in [0.05, 0.1) is 0 Å². The molecule has 0 radical (unpaired) electrons. The number of nitrogen functional groups attached to an aromatic ring is 1. The van der Waals surface area contributed by atoms with E-state index >= 15 is 0 Å². The van der Waals surface area contributed by atoms with Gasteiger partial charge in [0.15, 0.2) is 0 Å². The summed E-state index contributed by atoms with van der Waals surface area (Å²) >= 11 is 0. The second-order valence-corrected chi connectivity index (χ2v) is 5.90. The highest BCUT2D eigenvalue weighted by Gasteiger charge is 2.24. The maximum Gasteiger partial charge on any atom is 0.0346 e. The Labute approximate surface area is 117 Å². The lowest BCUT2D eigenvalue weighted by atomic mass is 10.1. The van der Waals surface area contributed by atoms with Crippen LogP contribution in [0, 0.1) is 0 Å². The molecule has 1 aromatic carbocycles. The minimum Gasteiger partial charge on any atom is -0.399 e. The third kappa shape index (κ3) is 4.22. The standard InChI is InChI=1S/C16H27N3/c1-18(2)13-15-9-6-12-19(15)11-5-8-14-7-3-4-10-16(14)17/h3-4,7,10,15H,5-6,8-9,11-13,17H2,1-2H3. The summed E-state index contributed by atoms with van der Waals surface area (Å²) in [7, 11) is 4.34. The molecule has 0 bridgehead atoms. The Morgan fingerprint density at radius 3 is 2.84 bits per heavy atom. The van der Waals surface area contributed by atoms with Crippen molar-refractivity contribution in [2.24, 2.45) is 0 Å². The highest BCUT2D eigenvalue weighted by molar-refractivity contribution is 5.46. The van der Waals surface area contributed by atoms with Crippen molar-refractivity contribution in [3.63, 3.8) is 0 Å². The average molecular weight is 261 g/mol. The van der Waals surface area contributed by atoms with Crippen molar-refractivity contribution in [3.05, 3.63) is 29.8 Å². The summed E-state index contributed by atoms with van der Waals surface area (Å²) in [4.78, 5) is 4.96. The van der Waals surface area contributed by atoms with Crippen molar-refractivity contribution in [2.75, 3.05) is 39.5 Å². The fraction of sp³-hybridized carbons (Fsp3) is 0.625. The average Bonchev–Trinajstić information content (AvgIpc) is 2.78. The molecule has 1 saturated heterocycles. The lowest BCUT2D eigenvalue weighted by molar-refractivity contribution is 0.206. The van der Waals surface area contributed by atoms with E-state index in [1.807, 2.05) is 12.1 Å². The van der Waals surface area contributed by atoms with E-state index in [2.05, 4.69) is 36.0 Å². The summed E-state index contributed by atoms with van der Waals surface area (Å²) in [6.45, 7) is 3.66. The highest BCUT2D eigenvalue weighted by atomic mass is 15.2. The number of likely N-dealkylation sites (tertiary alicyclic amines) is 1. The summed E-state index contributed by atoms with van der Waals surface area (Å²) in [5.74, 6) is 0. The van der Waals surface area contributed by atoms with Gasteiger partial charge in [0.2, 0.25) is 0 Å². The number of likely N-dealkylation sites (N-methyl/N-ethyl adjacent to an activating group) is 1. The highest BCUT2D eigenvalue weighted by Crippen LogP contribution is 2.19. The Bertz CT molecular complexity index is 389. The molecule has 0 aromatic heterocycles. The van der Waals surface area contributed by atoms with Crippen LogP contribution >= 0.6 is 0 Å². The van der Waals surface area contributed by atoms with Crippen LogP contribution in [0.4, 0.5) is 5.69 Å². The lowest BCUT2D eigenvalue weighted by Gasteiger charge is -2.27. The van der Waals surface area contributed by atoms with Crippen LogP contribution in [0.1, 0.15) is 24.8 Å². The van der Waals surface area contributed by atoms with Crippen LogP contribution in [0.25, 0.3) is 0 Å². The van der Waals surface area contributed by atoms with Gasteiger partial charge in [-0.2, -0.15) is 0 Å². The van der Waals surface area contributed by atoms with Gasteiger partial charge in [0.25, 0.3) is 0 Å². The van der Waals surface area contributed by atoms with E-state index < -0.39 is 0 Å². The van der Waals surface area contributed by atoms with Gasteiger partial charge < -0.3 is 10.6 Å². The Morgan fingerprint density at radius 1 is 1.32 bits per heavy atom. The van der Waals surface area contributed by atoms with Gasteiger partial charge in [0.1, 0.15) is 0 Å². The molecule has 3 heteroatoms. The number of aryl methyl sites for hydroxylation is 1. The van der Waals surface area contributed by atoms with Crippen LogP contribution in [0.5, 0.6) is 0 Å². The van der Waals surface area contributed by atoms with E-state index in [0.29, 0.717) is 0 Å². The van der Waals surface area contributed by atoms with Crippen molar-refractivity contribution in [1.29, 1.82) is 0 Å². The largest absolute Gasteiger partial charge is 0.399 e. The van der Waals surface area contributed by atoms with E-state index in [1.165, 1.54) is 44.5 Å². The number of rotatable bonds is 6. The summed E-state index contributed by atoms with van der Waals surface area (Å²) in [6, 6.07) is 8.99. The van der Waals surface area contributed by atoms with Crippen molar-refractivity contribution in [2.45, 2.75) is 31.7 Å². The van der Waals surface area contributed by atoms with Crippen LogP contribution in [-0.2, 0) is 6.42 Å². The van der Waals surface area contributed by atoms with Crippen molar-refractivity contribution in [3.8, 4) is 0 Å². The van der Waals surface area contributed by atoms with Crippen molar-refractivity contribution in [1.82, 2.24) is 9.80 Å². The quantitative estimate of drug-likeness (QED) is 0.797. The first-order valence-corrected chi connectivity index (χ1v) is 7.39. The molecule has 106 valence electrons. The molecule has 2 N–H and O–H groups in total. The molecule has 1 unspecified atom stereocenters. The zero-order valence-electron chi connectivity index (χ0n) is 12.3. The Kier molecular flexibility index (Phi) is 5.23. The van der Waals surface area contributed by atoms with E-state index in [0.717, 1.165) is 18.2 Å². The molecule has 2 rings (SSSR count). The van der Waals surface area contributed by atoms with E-state index in [9.17, 15) is 0 Å². The van der Waals surface area contributed by atoms with E-state index in [1.54, 1.807) is 0 Å². The number of anilines is 1. The smallest absolute Gasteiger partial charge is 0.0346 e. The van der Waals surface area contributed by atoms with Gasteiger partial charge in [-0.15, -0.1) is 0 Å². The minimum atomic E-state index is 0.753. The van der Waals surface area contributed by atoms with Crippen LogP contribution in [0.15, 0.2) is 24.3 Å². The van der Waals surface area contributed by atoms with E-state index in [4.69, 9.17) is 5.73 Å². The SMILES string of the molecule is CN(C)CC1CCCN1CCCc1ccccc1N. The fourth-order valence-corrected chi connectivity index (χ4v) is 3.05. The fourth-order valence-electron chi connectivity index (χ4n) is 3.05. The third-order valence-corrected chi connectivity index (χ3v) is 4.02. The van der Waals surface area contributed by atoms with E-state index in [-0.39, 0.29) is 0 Å². The first-order valence-electron chi connectivity index (χ1n) is 7.39. The van der Waals surface area contributed by atoms with Crippen LogP contribution < -0.4 is 5.73 Å². The van der Waals surface area contributed by atoms with Gasteiger partial charge in [0, 0.05) is 18.3 Å². The molecule has 0 spiro atoms. The maximum atomic E-state index is 5.99. The molecule has 0 saturated carbocycles. The monoisotopic (exact) mass is 261 g/mol. The third-order valence-electron chi connectivity index (χ3n) is 4.02. The Balaban J connectivity index is 1.77. The number of hydrogen-bond donors (Lipinski definition) is 1. The first-order chi connectivity index (χ1) is 9.16. The predicted molar refractivity (Wildman–Crippen MR) is 82.3 cm³/mol. The van der Waals surface area contributed by atoms with Gasteiger partial charge >= 0.3 is 0 Å². The second kappa shape index (κ2) is 6.92. The van der Waals surface area contributed by atoms with Crippen molar-refractivity contribution < 1.29 is 0 Å². The minimum absolute atomic E-state index is 0.753. The number of nitrogens with zero attached hydrogens (tertiary/aromatic N) is 2. The first kappa shape index (κ1) is 14.4.